The number of ether oxygens (including phenoxy) is 2. The van der Waals surface area contributed by atoms with Gasteiger partial charge in [0.15, 0.2) is 11.5 Å². The van der Waals surface area contributed by atoms with E-state index in [1.54, 1.807) is 12.1 Å². The molecule has 6 nitrogen and oxygen atoms in total. The highest BCUT2D eigenvalue weighted by molar-refractivity contribution is 6.02. The largest absolute Gasteiger partial charge is 0.479 e. The lowest BCUT2D eigenvalue weighted by Gasteiger charge is -2.26. The fraction of sp³-hybridized carbons (Fsp3) is 0.261. The number of carbonyl (C=O) groups excluding carboxylic acids is 1. The quantitative estimate of drug-likeness (QED) is 0.302. The lowest BCUT2D eigenvalue weighted by molar-refractivity contribution is 0.0342. The lowest BCUT2D eigenvalue weighted by Crippen LogP contribution is -2.35. The molecule has 1 amide bonds. The van der Waals surface area contributed by atoms with Crippen LogP contribution in [0.15, 0.2) is 40.8 Å². The van der Waals surface area contributed by atoms with Crippen LogP contribution < -0.4 is 10.1 Å². The lowest BCUT2D eigenvalue weighted by atomic mass is 10.2. The molecule has 2 aromatic carbocycles. The molecule has 0 bridgehead atoms. The van der Waals surface area contributed by atoms with Crippen LogP contribution in [0.25, 0.3) is 0 Å². The number of nitrogens with one attached hydrogen (secondary N) is 1. The average molecular weight is 482 g/mol. The van der Waals surface area contributed by atoms with E-state index in [0.29, 0.717) is 25.4 Å². The normalized spacial score (nSPS) is 14.3. The van der Waals surface area contributed by atoms with E-state index in [0.717, 1.165) is 18.7 Å². The maximum absolute atomic E-state index is 13.7. The summed E-state index contributed by atoms with van der Waals surface area (Å²) < 4.78 is 82.5. The Bertz CT molecular complexity index is 1170. The number of rotatable bonds is 7. The molecular formula is C23H19F5N2O4. The Kier molecular flexibility index (Phi) is 7.13. The fourth-order valence-electron chi connectivity index (χ4n) is 3.39. The molecule has 0 spiro atoms. The van der Waals surface area contributed by atoms with E-state index in [2.05, 4.69) is 10.2 Å². The van der Waals surface area contributed by atoms with Gasteiger partial charge in [0.05, 0.1) is 13.2 Å². The Morgan fingerprint density at radius 1 is 0.941 bits per heavy atom. The molecule has 0 saturated carbocycles. The van der Waals surface area contributed by atoms with Gasteiger partial charge in [0.1, 0.15) is 12.4 Å². The minimum atomic E-state index is -2.28. The van der Waals surface area contributed by atoms with E-state index < -0.39 is 47.3 Å². The van der Waals surface area contributed by atoms with Crippen LogP contribution in [0.1, 0.15) is 21.9 Å². The number of carbonyl (C=O) groups is 1. The van der Waals surface area contributed by atoms with E-state index in [1.165, 1.54) is 12.1 Å². The number of anilines is 1. The Morgan fingerprint density at radius 3 is 2.32 bits per heavy atom. The minimum Gasteiger partial charge on any atom is -0.479 e. The van der Waals surface area contributed by atoms with Crippen LogP contribution in [0.3, 0.4) is 0 Å². The molecule has 0 radical (unpaired) electrons. The Hall–Kier alpha value is -3.44. The van der Waals surface area contributed by atoms with Gasteiger partial charge in [-0.05, 0) is 29.8 Å². The summed E-state index contributed by atoms with van der Waals surface area (Å²) in [5.74, 6) is -12.9. The van der Waals surface area contributed by atoms with Gasteiger partial charge in [-0.15, -0.1) is 0 Å². The molecular weight excluding hydrogens is 463 g/mol. The molecule has 1 fully saturated rings. The first-order valence-electron chi connectivity index (χ1n) is 10.3. The van der Waals surface area contributed by atoms with Gasteiger partial charge in [-0.25, -0.2) is 13.2 Å². The maximum Gasteiger partial charge on any atom is 0.291 e. The number of morpholine rings is 1. The van der Waals surface area contributed by atoms with Crippen molar-refractivity contribution in [2.24, 2.45) is 0 Å². The Balaban J connectivity index is 1.38. The van der Waals surface area contributed by atoms with Crippen molar-refractivity contribution in [2.75, 3.05) is 31.6 Å². The first kappa shape index (κ1) is 23.7. The molecule has 11 heteroatoms. The second-order valence-corrected chi connectivity index (χ2v) is 7.50. The van der Waals surface area contributed by atoms with E-state index in [-0.39, 0.29) is 11.5 Å². The third kappa shape index (κ3) is 5.20. The van der Waals surface area contributed by atoms with E-state index in [9.17, 15) is 26.7 Å². The Morgan fingerprint density at radius 2 is 1.62 bits per heavy atom. The summed E-state index contributed by atoms with van der Waals surface area (Å²) in [5, 5.41) is 2.68. The fourth-order valence-corrected chi connectivity index (χ4v) is 3.39. The van der Waals surface area contributed by atoms with Crippen LogP contribution >= 0.6 is 0 Å². The number of hydrogen-bond donors (Lipinski definition) is 1. The van der Waals surface area contributed by atoms with Crippen LogP contribution in [-0.2, 0) is 17.9 Å². The molecule has 1 saturated heterocycles. The van der Waals surface area contributed by atoms with Crippen molar-refractivity contribution in [3.63, 3.8) is 0 Å². The van der Waals surface area contributed by atoms with Gasteiger partial charge in [-0.1, -0.05) is 12.1 Å². The highest BCUT2D eigenvalue weighted by Gasteiger charge is 2.27. The summed E-state index contributed by atoms with van der Waals surface area (Å²) in [5.41, 5.74) is 1.53. The second-order valence-electron chi connectivity index (χ2n) is 7.50. The van der Waals surface area contributed by atoms with Crippen LogP contribution in [0.2, 0.25) is 0 Å². The van der Waals surface area contributed by atoms with E-state index >= 15 is 0 Å². The first-order chi connectivity index (χ1) is 16.3. The van der Waals surface area contributed by atoms with E-state index in [1.807, 2.05) is 12.1 Å². The second kappa shape index (κ2) is 10.2. The highest BCUT2D eigenvalue weighted by atomic mass is 19.2. The van der Waals surface area contributed by atoms with E-state index in [4.69, 9.17) is 13.9 Å². The number of nitrogens with zero attached hydrogens (tertiary/aromatic N) is 1. The number of amides is 1. The molecule has 1 aliphatic heterocycles. The summed E-state index contributed by atoms with van der Waals surface area (Å²) in [6, 6.07) is 9.85. The molecule has 0 unspecified atom stereocenters. The van der Waals surface area contributed by atoms with Crippen LogP contribution in [0.4, 0.5) is 27.6 Å². The summed E-state index contributed by atoms with van der Waals surface area (Å²) >= 11 is 0. The zero-order chi connectivity index (χ0) is 24.2. The van der Waals surface area contributed by atoms with Crippen molar-refractivity contribution in [3.05, 3.63) is 82.6 Å². The molecule has 1 aromatic heterocycles. The van der Waals surface area contributed by atoms with Crippen molar-refractivity contribution in [2.45, 2.75) is 13.2 Å². The van der Waals surface area contributed by atoms with Gasteiger partial charge in [-0.2, -0.15) is 8.78 Å². The van der Waals surface area contributed by atoms with Crippen molar-refractivity contribution in [3.8, 4) is 5.75 Å². The predicted octanol–water partition coefficient (Wildman–Crippen LogP) is 4.64. The summed E-state index contributed by atoms with van der Waals surface area (Å²) in [7, 11) is 0. The third-order valence-corrected chi connectivity index (χ3v) is 5.11. The maximum atomic E-state index is 13.7. The zero-order valence-electron chi connectivity index (χ0n) is 17.7. The van der Waals surface area contributed by atoms with Crippen molar-refractivity contribution < 1.29 is 40.6 Å². The van der Waals surface area contributed by atoms with Crippen LogP contribution in [-0.4, -0.2) is 37.1 Å². The molecule has 0 aliphatic carbocycles. The van der Waals surface area contributed by atoms with Gasteiger partial charge in [0, 0.05) is 25.3 Å². The van der Waals surface area contributed by atoms with Gasteiger partial charge in [0.25, 0.3) is 5.91 Å². The molecule has 4 rings (SSSR count). The molecule has 1 aliphatic rings. The molecule has 3 aromatic rings. The average Bonchev–Trinajstić information content (AvgIpc) is 3.32. The van der Waals surface area contributed by atoms with Gasteiger partial charge in [0.2, 0.25) is 29.1 Å². The topological polar surface area (TPSA) is 63.9 Å². The SMILES string of the molecule is O=C(Nc1cccc(CN2CCOCC2)c1)c1ccc(COc2c(F)c(F)c(F)c(F)c2F)o1. The van der Waals surface area contributed by atoms with Gasteiger partial charge < -0.3 is 19.2 Å². The van der Waals surface area contributed by atoms with Crippen molar-refractivity contribution in [1.82, 2.24) is 4.90 Å². The molecule has 1 N–H and O–H groups in total. The smallest absolute Gasteiger partial charge is 0.291 e. The standard InChI is InChI=1S/C23H19F5N2O4/c24-17-18(25)20(27)22(21(28)19(17)26)33-12-15-4-5-16(34-15)23(31)29-14-3-1-2-13(10-14)11-30-6-8-32-9-7-30/h1-5,10H,6-9,11-12H2,(H,29,31). The highest BCUT2D eigenvalue weighted by Crippen LogP contribution is 2.30. The molecule has 180 valence electrons. The summed E-state index contributed by atoms with van der Waals surface area (Å²) in [4.78, 5) is 14.7. The summed E-state index contributed by atoms with van der Waals surface area (Å²) in [6.07, 6.45) is 0. The number of hydrogen-bond acceptors (Lipinski definition) is 5. The summed E-state index contributed by atoms with van der Waals surface area (Å²) in [6.45, 7) is 3.02. The Labute approximate surface area is 190 Å². The third-order valence-electron chi connectivity index (χ3n) is 5.11. The van der Waals surface area contributed by atoms with Gasteiger partial charge >= 0.3 is 0 Å². The van der Waals surface area contributed by atoms with Crippen molar-refractivity contribution in [1.29, 1.82) is 0 Å². The predicted molar refractivity (Wildman–Crippen MR) is 110 cm³/mol. The number of halogens is 5. The molecule has 0 atom stereocenters. The number of benzene rings is 2. The monoisotopic (exact) mass is 482 g/mol. The van der Waals surface area contributed by atoms with Gasteiger partial charge in [-0.3, -0.25) is 9.69 Å². The molecule has 2 heterocycles. The molecule has 34 heavy (non-hydrogen) atoms. The van der Waals surface area contributed by atoms with Crippen LogP contribution in [0.5, 0.6) is 5.75 Å². The van der Waals surface area contributed by atoms with Crippen molar-refractivity contribution >= 4 is 11.6 Å². The zero-order valence-corrected chi connectivity index (χ0v) is 17.7. The van der Waals surface area contributed by atoms with Crippen LogP contribution in [0, 0.1) is 29.1 Å². The minimum absolute atomic E-state index is 0.0600. The number of furan rings is 1. The first-order valence-corrected chi connectivity index (χ1v) is 10.3.